The van der Waals surface area contributed by atoms with Crippen LogP contribution in [0.4, 0.5) is 5.69 Å². The van der Waals surface area contributed by atoms with Crippen molar-refractivity contribution >= 4 is 17.4 Å². The minimum atomic E-state index is -1.87. The van der Waals surface area contributed by atoms with Crippen molar-refractivity contribution in [2.24, 2.45) is 5.92 Å². The van der Waals surface area contributed by atoms with Crippen LogP contribution in [-0.4, -0.2) is 23.3 Å². The van der Waals surface area contributed by atoms with Gasteiger partial charge in [-0.25, -0.2) is 0 Å². The molecule has 0 radical (unpaired) electrons. The zero-order valence-electron chi connectivity index (χ0n) is 16.3. The van der Waals surface area contributed by atoms with E-state index in [1.807, 2.05) is 48.5 Å². The van der Waals surface area contributed by atoms with Crippen LogP contribution >= 0.6 is 0 Å². The van der Waals surface area contributed by atoms with E-state index in [-0.39, 0.29) is 5.78 Å². The van der Waals surface area contributed by atoms with Gasteiger partial charge >= 0.3 is 0 Å². The molecule has 1 aliphatic heterocycles. The Kier molecular flexibility index (Phi) is 5.03. The van der Waals surface area contributed by atoms with Crippen molar-refractivity contribution < 1.29 is 14.7 Å². The van der Waals surface area contributed by atoms with Gasteiger partial charge in [0.15, 0.2) is 11.4 Å². The Balaban J connectivity index is 1.67. The van der Waals surface area contributed by atoms with Gasteiger partial charge in [0.25, 0.3) is 5.91 Å². The normalized spacial score (nSPS) is 19.1. The quantitative estimate of drug-likeness (QED) is 0.653. The second-order valence-electron chi connectivity index (χ2n) is 7.43. The highest BCUT2D eigenvalue weighted by Crippen LogP contribution is 2.45. The van der Waals surface area contributed by atoms with Crippen LogP contribution in [0.3, 0.4) is 0 Å². The molecule has 29 heavy (non-hydrogen) atoms. The molecular formula is C25H23NO3. The van der Waals surface area contributed by atoms with E-state index >= 15 is 0 Å². The molecule has 2 atom stereocenters. The third-order valence-corrected chi connectivity index (χ3v) is 5.72. The first-order valence-corrected chi connectivity index (χ1v) is 9.80. The van der Waals surface area contributed by atoms with Crippen LogP contribution in [0.1, 0.15) is 28.4 Å². The summed E-state index contributed by atoms with van der Waals surface area (Å²) in [5, 5.41) is 11.6. The van der Waals surface area contributed by atoms with E-state index in [9.17, 15) is 14.7 Å². The summed E-state index contributed by atoms with van der Waals surface area (Å²) < 4.78 is 0. The van der Waals surface area contributed by atoms with Crippen molar-refractivity contribution in [3.8, 4) is 0 Å². The molecule has 4 heteroatoms. The number of fused-ring (bicyclic) bond motifs is 1. The van der Waals surface area contributed by atoms with E-state index in [0.29, 0.717) is 29.8 Å². The molecule has 3 aromatic rings. The monoisotopic (exact) mass is 385 g/mol. The van der Waals surface area contributed by atoms with Crippen molar-refractivity contribution in [3.05, 3.63) is 102 Å². The number of rotatable bonds is 6. The molecule has 1 heterocycles. The lowest BCUT2D eigenvalue weighted by atomic mass is 9.79. The van der Waals surface area contributed by atoms with Crippen LogP contribution in [0, 0.1) is 5.92 Å². The highest BCUT2D eigenvalue weighted by atomic mass is 16.3. The first kappa shape index (κ1) is 19.1. The van der Waals surface area contributed by atoms with E-state index < -0.39 is 17.4 Å². The number of aliphatic hydroxyl groups is 1. The molecule has 0 aliphatic carbocycles. The highest BCUT2D eigenvalue weighted by Gasteiger charge is 2.55. The number of nitrogens with zero attached hydrogens (tertiary/aromatic N) is 1. The molecular weight excluding hydrogens is 362 g/mol. The zero-order valence-corrected chi connectivity index (χ0v) is 16.3. The summed E-state index contributed by atoms with van der Waals surface area (Å²) in [5.74, 6) is -1.59. The predicted octanol–water partition coefficient (Wildman–Crippen LogP) is 3.98. The van der Waals surface area contributed by atoms with Gasteiger partial charge in [0, 0.05) is 17.7 Å². The predicted molar refractivity (Wildman–Crippen MR) is 113 cm³/mol. The molecule has 2 unspecified atom stereocenters. The van der Waals surface area contributed by atoms with Crippen LogP contribution < -0.4 is 4.90 Å². The van der Waals surface area contributed by atoms with Gasteiger partial charge in [-0.05, 0) is 18.1 Å². The number of para-hydroxylation sites is 1. The van der Waals surface area contributed by atoms with Crippen LogP contribution in [-0.2, 0) is 16.8 Å². The lowest BCUT2D eigenvalue weighted by Gasteiger charge is -2.28. The summed E-state index contributed by atoms with van der Waals surface area (Å²) in [7, 11) is 0. The van der Waals surface area contributed by atoms with E-state index in [1.165, 1.54) is 0 Å². The highest BCUT2D eigenvalue weighted by molar-refractivity contribution is 6.11. The fourth-order valence-corrected chi connectivity index (χ4v) is 4.03. The maximum Gasteiger partial charge on any atom is 0.264 e. The topological polar surface area (TPSA) is 57.6 Å². The maximum absolute atomic E-state index is 13.4. The Hall–Kier alpha value is -3.24. The number of anilines is 1. The molecule has 0 saturated carbocycles. The number of carbonyl (C=O) groups excluding carboxylic acids is 2. The van der Waals surface area contributed by atoms with Crippen LogP contribution in [0.2, 0.25) is 0 Å². The first-order valence-electron chi connectivity index (χ1n) is 9.80. The Morgan fingerprint density at radius 2 is 1.52 bits per heavy atom. The molecule has 0 spiro atoms. The van der Waals surface area contributed by atoms with Crippen LogP contribution in [0.25, 0.3) is 0 Å². The molecule has 3 aromatic carbocycles. The van der Waals surface area contributed by atoms with Gasteiger partial charge in [-0.15, -0.1) is 0 Å². The SMILES string of the molecule is CC(C(=O)c1ccccc1)C1(O)C(=O)N(CCc2ccccc2)c2ccccc21. The zero-order chi connectivity index (χ0) is 20.4. The number of hydrogen-bond acceptors (Lipinski definition) is 3. The Morgan fingerprint density at radius 3 is 2.21 bits per heavy atom. The summed E-state index contributed by atoms with van der Waals surface area (Å²) in [6.07, 6.45) is 0.665. The molecule has 0 saturated heterocycles. The van der Waals surface area contributed by atoms with Gasteiger partial charge in [0.05, 0.1) is 11.6 Å². The minimum absolute atomic E-state index is 0.249. The number of carbonyl (C=O) groups is 2. The van der Waals surface area contributed by atoms with E-state index in [2.05, 4.69) is 0 Å². The second-order valence-corrected chi connectivity index (χ2v) is 7.43. The Morgan fingerprint density at radius 1 is 0.931 bits per heavy atom. The average Bonchev–Trinajstić information content (AvgIpc) is 3.00. The van der Waals surface area contributed by atoms with Crippen LogP contribution in [0.15, 0.2) is 84.9 Å². The summed E-state index contributed by atoms with van der Waals surface area (Å²) in [4.78, 5) is 28.1. The van der Waals surface area contributed by atoms with E-state index in [0.717, 1.165) is 5.56 Å². The standard InChI is InChI=1S/C25H23NO3/c1-18(23(27)20-12-6-3-7-13-20)25(29)21-14-8-9-15-22(21)26(24(25)28)17-16-19-10-4-2-5-11-19/h2-15,18,29H,16-17H2,1H3. The van der Waals surface area contributed by atoms with Gasteiger partial charge in [0.1, 0.15) is 0 Å². The smallest absolute Gasteiger partial charge is 0.264 e. The van der Waals surface area contributed by atoms with Crippen molar-refractivity contribution in [2.75, 3.05) is 11.4 Å². The van der Waals surface area contributed by atoms with Crippen molar-refractivity contribution in [1.82, 2.24) is 0 Å². The van der Waals surface area contributed by atoms with Gasteiger partial charge in [-0.1, -0.05) is 85.8 Å². The summed E-state index contributed by atoms with van der Waals surface area (Å²) >= 11 is 0. The van der Waals surface area contributed by atoms with Crippen LogP contribution in [0.5, 0.6) is 0 Å². The van der Waals surface area contributed by atoms with Crippen molar-refractivity contribution in [1.29, 1.82) is 0 Å². The number of Topliss-reactive ketones (excluding diaryl/α,β-unsaturated/α-hetero) is 1. The lowest BCUT2D eigenvalue weighted by molar-refractivity contribution is -0.139. The lowest BCUT2D eigenvalue weighted by Crippen LogP contribution is -2.47. The molecule has 146 valence electrons. The molecule has 0 bridgehead atoms. The molecule has 1 aliphatic rings. The number of hydrogen-bond donors (Lipinski definition) is 1. The third-order valence-electron chi connectivity index (χ3n) is 5.72. The van der Waals surface area contributed by atoms with Gasteiger partial charge in [-0.3, -0.25) is 9.59 Å². The van der Waals surface area contributed by atoms with Crippen molar-refractivity contribution in [3.63, 3.8) is 0 Å². The average molecular weight is 385 g/mol. The van der Waals surface area contributed by atoms with E-state index in [4.69, 9.17) is 0 Å². The third kappa shape index (κ3) is 3.26. The fourth-order valence-electron chi connectivity index (χ4n) is 4.03. The van der Waals surface area contributed by atoms with Gasteiger partial charge in [0.2, 0.25) is 0 Å². The maximum atomic E-state index is 13.4. The first-order chi connectivity index (χ1) is 14.0. The molecule has 0 aromatic heterocycles. The Bertz CT molecular complexity index is 1030. The number of amides is 1. The summed E-state index contributed by atoms with van der Waals surface area (Å²) in [6, 6.07) is 25.9. The second kappa shape index (κ2) is 7.64. The molecule has 4 rings (SSSR count). The Labute approximate surface area is 170 Å². The molecule has 1 N–H and O–H groups in total. The number of ketones is 1. The van der Waals surface area contributed by atoms with Gasteiger partial charge in [-0.2, -0.15) is 0 Å². The molecule has 1 amide bonds. The van der Waals surface area contributed by atoms with Crippen molar-refractivity contribution in [2.45, 2.75) is 18.9 Å². The minimum Gasteiger partial charge on any atom is -0.375 e. The number of benzene rings is 3. The van der Waals surface area contributed by atoms with Gasteiger partial charge < -0.3 is 10.0 Å². The van der Waals surface area contributed by atoms with E-state index in [1.54, 1.807) is 48.2 Å². The fraction of sp³-hybridized carbons (Fsp3) is 0.200. The summed E-state index contributed by atoms with van der Waals surface area (Å²) in [6.45, 7) is 2.07. The molecule has 4 nitrogen and oxygen atoms in total. The molecule has 0 fully saturated rings. The largest absolute Gasteiger partial charge is 0.375 e. The summed E-state index contributed by atoms with van der Waals surface area (Å²) in [5.41, 5.74) is 0.891.